The van der Waals surface area contributed by atoms with Gasteiger partial charge in [-0.3, -0.25) is 0 Å². The number of aliphatic hydroxyl groups is 1. The number of aliphatic hydroxyl groups excluding tert-OH is 1. The Balaban J connectivity index is 2.29. The van der Waals surface area contributed by atoms with E-state index in [0.717, 1.165) is 18.6 Å². The van der Waals surface area contributed by atoms with Crippen LogP contribution in [0.3, 0.4) is 0 Å². The van der Waals surface area contributed by atoms with Crippen LogP contribution in [0.15, 0.2) is 24.3 Å². The van der Waals surface area contributed by atoms with E-state index in [2.05, 4.69) is 32.2 Å². The Bertz CT molecular complexity index is 341. The molecule has 0 heterocycles. The van der Waals surface area contributed by atoms with E-state index in [1.165, 1.54) is 5.56 Å². The van der Waals surface area contributed by atoms with E-state index in [0.29, 0.717) is 12.6 Å². The Morgan fingerprint density at radius 1 is 1.22 bits per heavy atom. The van der Waals surface area contributed by atoms with Crippen molar-refractivity contribution in [1.29, 1.82) is 0 Å². The topological polar surface area (TPSA) is 41.5 Å². The summed E-state index contributed by atoms with van der Waals surface area (Å²) in [6.07, 6.45) is 2.27. The second kappa shape index (κ2) is 8.11. The summed E-state index contributed by atoms with van der Waals surface area (Å²) in [5.41, 5.74) is 1.18. The molecule has 0 aliphatic rings. The first kappa shape index (κ1) is 15.0. The summed E-state index contributed by atoms with van der Waals surface area (Å²) in [6, 6.07) is 8.51. The quantitative estimate of drug-likeness (QED) is 0.746. The van der Waals surface area contributed by atoms with Gasteiger partial charge in [-0.05, 0) is 45.2 Å². The lowest BCUT2D eigenvalue weighted by Gasteiger charge is -2.19. The molecular weight excluding hydrogens is 226 g/mol. The van der Waals surface area contributed by atoms with Gasteiger partial charge in [-0.1, -0.05) is 18.2 Å². The third kappa shape index (κ3) is 5.52. The fraction of sp³-hybridized carbons (Fsp3) is 0.600. The van der Waals surface area contributed by atoms with Crippen LogP contribution in [-0.2, 0) is 0 Å². The zero-order valence-electron chi connectivity index (χ0n) is 11.6. The van der Waals surface area contributed by atoms with Crippen LogP contribution in [0.25, 0.3) is 0 Å². The molecule has 0 fully saturated rings. The molecule has 1 rings (SSSR count). The zero-order chi connectivity index (χ0) is 13.4. The largest absolute Gasteiger partial charge is 0.490 e. The van der Waals surface area contributed by atoms with Gasteiger partial charge in [0.25, 0.3) is 0 Å². The van der Waals surface area contributed by atoms with Crippen molar-refractivity contribution in [2.75, 3.05) is 13.2 Å². The number of hydrogen-bond acceptors (Lipinski definition) is 3. The van der Waals surface area contributed by atoms with E-state index in [-0.39, 0.29) is 12.7 Å². The van der Waals surface area contributed by atoms with Crippen LogP contribution in [0, 0.1) is 6.92 Å². The molecule has 2 N–H and O–H groups in total. The Hall–Kier alpha value is -1.06. The first-order valence-electron chi connectivity index (χ1n) is 6.70. The maximum Gasteiger partial charge on any atom is 0.122 e. The van der Waals surface area contributed by atoms with Gasteiger partial charge >= 0.3 is 0 Å². The molecule has 0 aliphatic carbocycles. The van der Waals surface area contributed by atoms with E-state index >= 15 is 0 Å². The molecule has 0 saturated carbocycles. The highest BCUT2D eigenvalue weighted by Crippen LogP contribution is 2.19. The molecule has 18 heavy (non-hydrogen) atoms. The summed E-state index contributed by atoms with van der Waals surface area (Å²) in [6.45, 7) is 7.16. The Labute approximate surface area is 110 Å². The van der Waals surface area contributed by atoms with Crippen molar-refractivity contribution in [1.82, 2.24) is 5.32 Å². The molecule has 2 atom stereocenters. The number of rotatable bonds is 8. The summed E-state index contributed by atoms with van der Waals surface area (Å²) in [4.78, 5) is 0. The van der Waals surface area contributed by atoms with Crippen LogP contribution in [0.4, 0.5) is 0 Å². The van der Waals surface area contributed by atoms with Gasteiger partial charge in [0.05, 0.1) is 12.7 Å². The second-order valence-electron chi connectivity index (χ2n) is 4.85. The number of hydrogen-bond donors (Lipinski definition) is 2. The number of nitrogens with one attached hydrogen (secondary N) is 1. The summed E-state index contributed by atoms with van der Waals surface area (Å²) in [7, 11) is 0. The van der Waals surface area contributed by atoms with Gasteiger partial charge in [0.2, 0.25) is 0 Å². The molecule has 1 aromatic rings. The van der Waals surface area contributed by atoms with Crippen molar-refractivity contribution in [2.45, 2.75) is 45.8 Å². The molecule has 3 heteroatoms. The van der Waals surface area contributed by atoms with Gasteiger partial charge in [-0.15, -0.1) is 0 Å². The molecule has 1 aromatic carbocycles. The molecule has 0 aromatic heterocycles. The lowest BCUT2D eigenvalue weighted by molar-refractivity contribution is 0.200. The highest BCUT2D eigenvalue weighted by molar-refractivity contribution is 5.31. The number of ether oxygens (including phenoxy) is 1. The van der Waals surface area contributed by atoms with Crippen molar-refractivity contribution >= 4 is 0 Å². The van der Waals surface area contributed by atoms with Gasteiger partial charge in [0.1, 0.15) is 5.75 Å². The average molecular weight is 251 g/mol. The molecule has 0 amide bonds. The second-order valence-corrected chi connectivity index (χ2v) is 4.85. The van der Waals surface area contributed by atoms with Crippen molar-refractivity contribution in [3.63, 3.8) is 0 Å². The van der Waals surface area contributed by atoms with Gasteiger partial charge in [-0.2, -0.15) is 0 Å². The minimum atomic E-state index is 0.194. The van der Waals surface area contributed by atoms with Crippen molar-refractivity contribution < 1.29 is 9.84 Å². The maximum atomic E-state index is 8.73. The van der Waals surface area contributed by atoms with Crippen molar-refractivity contribution in [3.8, 4) is 5.75 Å². The molecule has 102 valence electrons. The molecule has 0 saturated heterocycles. The van der Waals surface area contributed by atoms with Crippen LogP contribution in [0.5, 0.6) is 5.75 Å². The summed E-state index contributed by atoms with van der Waals surface area (Å²) in [5, 5.41) is 12.0. The zero-order valence-corrected chi connectivity index (χ0v) is 11.6. The van der Waals surface area contributed by atoms with Gasteiger partial charge < -0.3 is 15.2 Å². The summed E-state index contributed by atoms with van der Waals surface area (Å²) >= 11 is 0. The Morgan fingerprint density at radius 2 is 1.94 bits per heavy atom. The SMILES string of the molecule is Cc1ccccc1O[C@@H](C)CC[C@@H](C)NCCO. The smallest absolute Gasteiger partial charge is 0.122 e. The number of aryl methyl sites for hydroxylation is 1. The normalized spacial score (nSPS) is 14.2. The highest BCUT2D eigenvalue weighted by Gasteiger charge is 2.08. The predicted octanol–water partition coefficient (Wildman–Crippen LogP) is 2.51. The van der Waals surface area contributed by atoms with Crippen LogP contribution in [-0.4, -0.2) is 30.4 Å². The predicted molar refractivity (Wildman–Crippen MR) is 75.1 cm³/mol. The first-order valence-corrected chi connectivity index (χ1v) is 6.70. The van der Waals surface area contributed by atoms with E-state index < -0.39 is 0 Å². The van der Waals surface area contributed by atoms with Gasteiger partial charge in [0, 0.05) is 12.6 Å². The van der Waals surface area contributed by atoms with E-state index in [4.69, 9.17) is 9.84 Å². The molecule has 0 radical (unpaired) electrons. The van der Waals surface area contributed by atoms with Crippen molar-refractivity contribution in [3.05, 3.63) is 29.8 Å². The Morgan fingerprint density at radius 3 is 2.61 bits per heavy atom. The fourth-order valence-corrected chi connectivity index (χ4v) is 1.86. The van der Waals surface area contributed by atoms with E-state index in [1.807, 2.05) is 18.2 Å². The molecular formula is C15H25NO2. The molecule has 0 aliphatic heterocycles. The van der Waals surface area contributed by atoms with E-state index in [1.54, 1.807) is 0 Å². The van der Waals surface area contributed by atoms with Gasteiger partial charge in [-0.25, -0.2) is 0 Å². The lowest BCUT2D eigenvalue weighted by Crippen LogP contribution is -2.30. The minimum absolute atomic E-state index is 0.194. The average Bonchev–Trinajstić information content (AvgIpc) is 2.36. The van der Waals surface area contributed by atoms with Gasteiger partial charge in [0.15, 0.2) is 0 Å². The van der Waals surface area contributed by atoms with Crippen LogP contribution < -0.4 is 10.1 Å². The third-order valence-electron chi connectivity index (χ3n) is 3.03. The highest BCUT2D eigenvalue weighted by atomic mass is 16.5. The molecule has 0 unspecified atom stereocenters. The number of benzene rings is 1. The summed E-state index contributed by atoms with van der Waals surface area (Å²) in [5.74, 6) is 0.973. The lowest BCUT2D eigenvalue weighted by atomic mass is 10.1. The third-order valence-corrected chi connectivity index (χ3v) is 3.03. The van der Waals surface area contributed by atoms with Crippen LogP contribution in [0.2, 0.25) is 0 Å². The fourth-order valence-electron chi connectivity index (χ4n) is 1.86. The standard InChI is InChI=1S/C15H25NO2/c1-12-6-4-5-7-15(12)18-14(3)9-8-13(2)16-10-11-17/h4-7,13-14,16-17H,8-11H2,1-3H3/t13-,14+/m1/s1. The number of para-hydroxylation sites is 1. The van der Waals surface area contributed by atoms with Crippen LogP contribution in [0.1, 0.15) is 32.3 Å². The summed E-state index contributed by atoms with van der Waals surface area (Å²) < 4.78 is 5.92. The minimum Gasteiger partial charge on any atom is -0.490 e. The van der Waals surface area contributed by atoms with E-state index in [9.17, 15) is 0 Å². The Kier molecular flexibility index (Phi) is 6.76. The molecule has 0 bridgehead atoms. The molecule has 3 nitrogen and oxygen atoms in total. The monoisotopic (exact) mass is 251 g/mol. The molecule has 0 spiro atoms. The first-order chi connectivity index (χ1) is 8.63. The van der Waals surface area contributed by atoms with Crippen LogP contribution >= 0.6 is 0 Å². The van der Waals surface area contributed by atoms with Crippen molar-refractivity contribution in [2.24, 2.45) is 0 Å². The maximum absolute atomic E-state index is 8.73.